The molecule has 3 rings (SSSR count). The van der Waals surface area contributed by atoms with Crippen molar-refractivity contribution in [3.63, 3.8) is 0 Å². The Labute approximate surface area is 138 Å². The third kappa shape index (κ3) is 4.46. The van der Waals surface area contributed by atoms with Gasteiger partial charge in [0.1, 0.15) is 0 Å². The van der Waals surface area contributed by atoms with E-state index in [2.05, 4.69) is 17.9 Å². The van der Waals surface area contributed by atoms with E-state index >= 15 is 0 Å². The SMILES string of the molecule is C=CC(=O)OCC.C=CC(=O)OCC1CC2C3CCC(C3)C2C1. The molecular formula is C19H28O4. The summed E-state index contributed by atoms with van der Waals surface area (Å²) in [6.45, 7) is 9.42. The molecule has 3 fully saturated rings. The molecule has 4 unspecified atom stereocenters. The second-order valence-corrected chi connectivity index (χ2v) is 6.79. The molecule has 0 aromatic carbocycles. The van der Waals surface area contributed by atoms with Crippen molar-refractivity contribution in [2.75, 3.05) is 13.2 Å². The molecule has 2 bridgehead atoms. The molecule has 0 aromatic heterocycles. The monoisotopic (exact) mass is 320 g/mol. The molecule has 23 heavy (non-hydrogen) atoms. The predicted molar refractivity (Wildman–Crippen MR) is 88.5 cm³/mol. The largest absolute Gasteiger partial charge is 0.463 e. The van der Waals surface area contributed by atoms with E-state index in [0.29, 0.717) is 19.1 Å². The van der Waals surface area contributed by atoms with Crippen molar-refractivity contribution in [2.24, 2.45) is 29.6 Å². The molecule has 0 spiro atoms. The van der Waals surface area contributed by atoms with Crippen LogP contribution in [0.25, 0.3) is 0 Å². The summed E-state index contributed by atoms with van der Waals surface area (Å²) in [7, 11) is 0. The lowest BCUT2D eigenvalue weighted by molar-refractivity contribution is -0.139. The average molecular weight is 320 g/mol. The molecule has 3 aliphatic carbocycles. The highest BCUT2D eigenvalue weighted by molar-refractivity contribution is 5.81. The second-order valence-electron chi connectivity index (χ2n) is 6.79. The van der Waals surface area contributed by atoms with Crippen LogP contribution in [0.15, 0.2) is 25.3 Å². The summed E-state index contributed by atoms with van der Waals surface area (Å²) < 4.78 is 9.61. The maximum atomic E-state index is 11.0. The van der Waals surface area contributed by atoms with Gasteiger partial charge in [0.15, 0.2) is 0 Å². The van der Waals surface area contributed by atoms with Crippen LogP contribution in [-0.4, -0.2) is 25.2 Å². The first-order chi connectivity index (χ1) is 11.1. The van der Waals surface area contributed by atoms with Gasteiger partial charge in [-0.1, -0.05) is 13.2 Å². The van der Waals surface area contributed by atoms with Crippen LogP contribution in [0.5, 0.6) is 0 Å². The fraction of sp³-hybridized carbons (Fsp3) is 0.684. The Morgan fingerprint density at radius 2 is 1.48 bits per heavy atom. The number of carbonyl (C=O) groups is 2. The van der Waals surface area contributed by atoms with Crippen LogP contribution in [0, 0.1) is 29.6 Å². The first-order valence-electron chi connectivity index (χ1n) is 8.67. The van der Waals surface area contributed by atoms with Crippen LogP contribution in [0.2, 0.25) is 0 Å². The van der Waals surface area contributed by atoms with E-state index in [1.165, 1.54) is 38.2 Å². The van der Waals surface area contributed by atoms with Crippen LogP contribution in [0.1, 0.15) is 39.0 Å². The van der Waals surface area contributed by atoms with E-state index < -0.39 is 0 Å². The molecule has 3 aliphatic rings. The van der Waals surface area contributed by atoms with Crippen molar-refractivity contribution in [1.29, 1.82) is 0 Å². The summed E-state index contributed by atoms with van der Waals surface area (Å²) in [5.41, 5.74) is 0. The normalized spacial score (nSPS) is 33.2. The van der Waals surface area contributed by atoms with Crippen molar-refractivity contribution in [3.05, 3.63) is 25.3 Å². The Kier molecular flexibility index (Phi) is 6.43. The minimum absolute atomic E-state index is 0.264. The van der Waals surface area contributed by atoms with Crippen LogP contribution in [0.4, 0.5) is 0 Å². The van der Waals surface area contributed by atoms with Crippen molar-refractivity contribution >= 4 is 11.9 Å². The lowest BCUT2D eigenvalue weighted by Gasteiger charge is -2.23. The molecule has 0 aromatic rings. The lowest BCUT2D eigenvalue weighted by atomic mass is 9.82. The molecular weight excluding hydrogens is 292 g/mol. The van der Waals surface area contributed by atoms with Gasteiger partial charge in [0.05, 0.1) is 13.2 Å². The summed E-state index contributed by atoms with van der Waals surface area (Å²) in [5, 5.41) is 0. The quantitative estimate of drug-likeness (QED) is 0.574. The molecule has 0 amide bonds. The summed E-state index contributed by atoms with van der Waals surface area (Å²) in [4.78, 5) is 21.1. The zero-order valence-electron chi connectivity index (χ0n) is 14.0. The molecule has 4 atom stereocenters. The molecule has 0 heterocycles. The zero-order chi connectivity index (χ0) is 16.8. The smallest absolute Gasteiger partial charge is 0.330 e. The number of fused-ring (bicyclic) bond motifs is 5. The van der Waals surface area contributed by atoms with Gasteiger partial charge in [0.2, 0.25) is 0 Å². The third-order valence-electron chi connectivity index (χ3n) is 5.57. The maximum Gasteiger partial charge on any atom is 0.330 e. The van der Waals surface area contributed by atoms with Crippen LogP contribution >= 0.6 is 0 Å². The summed E-state index contributed by atoms with van der Waals surface area (Å²) in [5.74, 6) is 3.95. The number of ether oxygens (including phenoxy) is 2. The van der Waals surface area contributed by atoms with E-state index in [4.69, 9.17) is 4.74 Å². The average Bonchev–Trinajstić information content (AvgIpc) is 3.25. The van der Waals surface area contributed by atoms with Gasteiger partial charge in [-0.15, -0.1) is 0 Å². The molecule has 128 valence electrons. The molecule has 4 heteroatoms. The summed E-state index contributed by atoms with van der Waals surface area (Å²) in [6.07, 6.45) is 9.43. The Morgan fingerprint density at radius 1 is 0.957 bits per heavy atom. The Hall–Kier alpha value is -1.58. The lowest BCUT2D eigenvalue weighted by Crippen LogP contribution is -2.15. The number of hydrogen-bond donors (Lipinski definition) is 0. The van der Waals surface area contributed by atoms with Gasteiger partial charge in [-0.2, -0.15) is 0 Å². The Balaban J connectivity index is 0.000000236. The Bertz CT molecular complexity index is 438. The van der Waals surface area contributed by atoms with Crippen LogP contribution in [-0.2, 0) is 19.1 Å². The number of hydrogen-bond acceptors (Lipinski definition) is 4. The van der Waals surface area contributed by atoms with E-state index in [-0.39, 0.29) is 11.9 Å². The van der Waals surface area contributed by atoms with E-state index in [1.54, 1.807) is 6.92 Å². The topological polar surface area (TPSA) is 52.6 Å². The minimum Gasteiger partial charge on any atom is -0.463 e. The van der Waals surface area contributed by atoms with Crippen molar-refractivity contribution < 1.29 is 19.1 Å². The fourth-order valence-electron chi connectivity index (χ4n) is 4.73. The van der Waals surface area contributed by atoms with Crippen LogP contribution in [0.3, 0.4) is 0 Å². The molecule has 0 saturated heterocycles. The van der Waals surface area contributed by atoms with Gasteiger partial charge in [-0.3, -0.25) is 0 Å². The van der Waals surface area contributed by atoms with Gasteiger partial charge < -0.3 is 9.47 Å². The van der Waals surface area contributed by atoms with E-state index in [1.807, 2.05) is 0 Å². The van der Waals surface area contributed by atoms with Gasteiger partial charge in [-0.05, 0) is 68.6 Å². The maximum absolute atomic E-state index is 11.0. The van der Waals surface area contributed by atoms with Gasteiger partial charge in [-0.25, -0.2) is 9.59 Å². The zero-order valence-corrected chi connectivity index (χ0v) is 14.0. The van der Waals surface area contributed by atoms with Gasteiger partial charge in [0.25, 0.3) is 0 Å². The predicted octanol–water partition coefficient (Wildman–Crippen LogP) is 3.52. The van der Waals surface area contributed by atoms with E-state index in [0.717, 1.165) is 29.7 Å². The van der Waals surface area contributed by atoms with Crippen molar-refractivity contribution in [3.8, 4) is 0 Å². The standard InChI is InChI=1S/C14H20O2.C5H8O2/c1-2-14(15)16-8-9-5-12-10-3-4-11(7-10)13(12)6-9;1-3-5(6)7-4-2/h2,9-13H,1,3-8H2;3H,1,4H2,2H3. The van der Waals surface area contributed by atoms with Crippen LogP contribution < -0.4 is 0 Å². The summed E-state index contributed by atoms with van der Waals surface area (Å²) in [6, 6.07) is 0. The summed E-state index contributed by atoms with van der Waals surface area (Å²) >= 11 is 0. The minimum atomic E-state index is -0.359. The molecule has 0 aliphatic heterocycles. The molecule has 0 radical (unpaired) electrons. The number of rotatable bonds is 5. The van der Waals surface area contributed by atoms with Crippen molar-refractivity contribution in [2.45, 2.75) is 39.0 Å². The Morgan fingerprint density at radius 3 is 1.91 bits per heavy atom. The second kappa shape index (κ2) is 8.32. The highest BCUT2D eigenvalue weighted by Gasteiger charge is 2.51. The van der Waals surface area contributed by atoms with Gasteiger partial charge in [0, 0.05) is 12.2 Å². The highest BCUT2D eigenvalue weighted by atomic mass is 16.5. The highest BCUT2D eigenvalue weighted by Crippen LogP contribution is 2.60. The van der Waals surface area contributed by atoms with Gasteiger partial charge >= 0.3 is 11.9 Å². The first-order valence-corrected chi connectivity index (χ1v) is 8.67. The van der Waals surface area contributed by atoms with E-state index in [9.17, 15) is 9.59 Å². The fourth-order valence-corrected chi connectivity index (χ4v) is 4.73. The molecule has 3 saturated carbocycles. The van der Waals surface area contributed by atoms with Crippen molar-refractivity contribution in [1.82, 2.24) is 0 Å². The number of carbonyl (C=O) groups excluding carboxylic acids is 2. The number of esters is 2. The molecule has 0 N–H and O–H groups in total. The molecule has 4 nitrogen and oxygen atoms in total. The third-order valence-corrected chi connectivity index (χ3v) is 5.57. The first kappa shape index (κ1) is 17.8.